The van der Waals surface area contributed by atoms with Crippen molar-refractivity contribution in [3.8, 4) is 12.1 Å². The standard InChI is InChI=1S/C29H27N5O2/c1-20-2-9-26(16-27(20)33-29(36)32-19-23-5-3-21(17-30)4-6-23)28(35)34-14-12-25(13-15-34)24-10-7-22(18-31)8-11-24/h2-11,16,25H,12-15,19H2,1H3,(H2,32,33,36). The SMILES string of the molecule is Cc1ccc(C(=O)N2CCC(c3ccc(C#N)cc3)CC2)cc1NC(=O)NCc1ccc(C#N)cc1. The Hall–Kier alpha value is -4.62. The summed E-state index contributed by atoms with van der Waals surface area (Å²) in [6.45, 7) is 3.52. The molecule has 0 saturated carbocycles. The highest BCUT2D eigenvalue weighted by Gasteiger charge is 2.25. The molecule has 4 rings (SSSR count). The van der Waals surface area contributed by atoms with Gasteiger partial charge in [0.05, 0.1) is 23.3 Å². The van der Waals surface area contributed by atoms with Crippen molar-refractivity contribution in [2.75, 3.05) is 18.4 Å². The van der Waals surface area contributed by atoms with Gasteiger partial charge < -0.3 is 15.5 Å². The van der Waals surface area contributed by atoms with Gasteiger partial charge in [-0.05, 0) is 78.8 Å². The van der Waals surface area contributed by atoms with Crippen LogP contribution in [-0.4, -0.2) is 29.9 Å². The fourth-order valence-corrected chi connectivity index (χ4v) is 4.36. The lowest BCUT2D eigenvalue weighted by molar-refractivity contribution is 0.0713. The van der Waals surface area contributed by atoms with E-state index in [9.17, 15) is 9.59 Å². The number of nitrogens with zero attached hydrogens (tertiary/aromatic N) is 3. The Labute approximate surface area is 211 Å². The van der Waals surface area contributed by atoms with E-state index in [1.807, 2.05) is 42.2 Å². The van der Waals surface area contributed by atoms with E-state index < -0.39 is 0 Å². The summed E-state index contributed by atoms with van der Waals surface area (Å²) in [7, 11) is 0. The summed E-state index contributed by atoms with van der Waals surface area (Å²) in [5, 5.41) is 23.5. The predicted octanol–water partition coefficient (Wildman–Crippen LogP) is 5.08. The van der Waals surface area contributed by atoms with Crippen LogP contribution in [0.15, 0.2) is 66.7 Å². The summed E-state index contributed by atoms with van der Waals surface area (Å²) in [6, 6.07) is 23.9. The Bertz CT molecular complexity index is 1330. The third kappa shape index (κ3) is 5.89. The highest BCUT2D eigenvalue weighted by atomic mass is 16.2. The van der Waals surface area contributed by atoms with E-state index in [4.69, 9.17) is 10.5 Å². The van der Waals surface area contributed by atoms with Crippen molar-refractivity contribution in [2.45, 2.75) is 32.2 Å². The van der Waals surface area contributed by atoms with Gasteiger partial charge in [-0.15, -0.1) is 0 Å². The largest absolute Gasteiger partial charge is 0.339 e. The summed E-state index contributed by atoms with van der Waals surface area (Å²) in [4.78, 5) is 27.5. The first kappa shape index (κ1) is 24.5. The van der Waals surface area contributed by atoms with Crippen molar-refractivity contribution in [3.63, 3.8) is 0 Å². The second-order valence-electron chi connectivity index (χ2n) is 8.95. The number of hydrogen-bond donors (Lipinski definition) is 2. The summed E-state index contributed by atoms with van der Waals surface area (Å²) in [6.07, 6.45) is 1.73. The van der Waals surface area contributed by atoms with Gasteiger partial charge >= 0.3 is 6.03 Å². The average molecular weight is 478 g/mol. The van der Waals surface area contributed by atoms with Crippen LogP contribution >= 0.6 is 0 Å². The number of anilines is 1. The first-order valence-electron chi connectivity index (χ1n) is 11.9. The van der Waals surface area contributed by atoms with Gasteiger partial charge in [0.2, 0.25) is 0 Å². The van der Waals surface area contributed by atoms with Gasteiger partial charge in [0.15, 0.2) is 0 Å². The Morgan fingerprint density at radius 1 is 0.917 bits per heavy atom. The molecular weight excluding hydrogens is 450 g/mol. The Morgan fingerprint density at radius 2 is 1.53 bits per heavy atom. The maximum absolute atomic E-state index is 13.2. The zero-order valence-electron chi connectivity index (χ0n) is 20.1. The van der Waals surface area contributed by atoms with Crippen LogP contribution in [0.4, 0.5) is 10.5 Å². The minimum atomic E-state index is -0.365. The Balaban J connectivity index is 1.33. The van der Waals surface area contributed by atoms with Crippen LogP contribution < -0.4 is 10.6 Å². The summed E-state index contributed by atoms with van der Waals surface area (Å²) in [5.41, 5.74) is 5.30. The van der Waals surface area contributed by atoms with E-state index in [0.29, 0.717) is 47.9 Å². The maximum atomic E-state index is 13.2. The molecule has 0 aromatic heterocycles. The van der Waals surface area contributed by atoms with Gasteiger partial charge in [-0.25, -0.2) is 4.79 Å². The molecule has 2 N–H and O–H groups in total. The molecule has 0 aliphatic carbocycles. The number of nitriles is 2. The highest BCUT2D eigenvalue weighted by molar-refractivity contribution is 5.97. The molecule has 0 radical (unpaired) electrons. The van der Waals surface area contributed by atoms with E-state index in [2.05, 4.69) is 22.8 Å². The smallest absolute Gasteiger partial charge is 0.319 e. The number of hydrogen-bond acceptors (Lipinski definition) is 4. The van der Waals surface area contributed by atoms with Gasteiger partial charge in [-0.1, -0.05) is 30.3 Å². The lowest BCUT2D eigenvalue weighted by Gasteiger charge is -2.32. The molecule has 1 heterocycles. The number of benzene rings is 3. The second-order valence-corrected chi connectivity index (χ2v) is 8.95. The lowest BCUT2D eigenvalue weighted by atomic mass is 9.89. The average Bonchev–Trinajstić information content (AvgIpc) is 2.93. The van der Waals surface area contributed by atoms with Crippen LogP contribution in [0.25, 0.3) is 0 Å². The molecule has 7 heteroatoms. The summed E-state index contributed by atoms with van der Waals surface area (Å²) < 4.78 is 0. The van der Waals surface area contributed by atoms with Crippen molar-refractivity contribution in [1.82, 2.24) is 10.2 Å². The van der Waals surface area contributed by atoms with Crippen molar-refractivity contribution in [2.24, 2.45) is 0 Å². The number of rotatable bonds is 5. The van der Waals surface area contributed by atoms with E-state index in [0.717, 1.165) is 24.0 Å². The minimum Gasteiger partial charge on any atom is -0.339 e. The lowest BCUT2D eigenvalue weighted by Crippen LogP contribution is -2.38. The zero-order chi connectivity index (χ0) is 25.5. The molecule has 180 valence electrons. The van der Waals surface area contributed by atoms with Crippen LogP contribution in [0.3, 0.4) is 0 Å². The van der Waals surface area contributed by atoms with E-state index >= 15 is 0 Å². The molecule has 1 fully saturated rings. The Morgan fingerprint density at radius 3 is 2.14 bits per heavy atom. The molecule has 0 atom stereocenters. The third-order valence-electron chi connectivity index (χ3n) is 6.56. The van der Waals surface area contributed by atoms with Crippen LogP contribution in [0.5, 0.6) is 0 Å². The number of likely N-dealkylation sites (tertiary alicyclic amines) is 1. The van der Waals surface area contributed by atoms with Gasteiger partial charge in [0.25, 0.3) is 5.91 Å². The van der Waals surface area contributed by atoms with Gasteiger partial charge in [0.1, 0.15) is 0 Å². The van der Waals surface area contributed by atoms with Gasteiger partial charge in [0, 0.05) is 30.9 Å². The molecule has 0 bridgehead atoms. The first-order valence-corrected chi connectivity index (χ1v) is 11.9. The number of carbonyl (C=O) groups is 2. The second kappa shape index (κ2) is 11.2. The van der Waals surface area contributed by atoms with Crippen LogP contribution in [-0.2, 0) is 6.54 Å². The topological polar surface area (TPSA) is 109 Å². The van der Waals surface area contributed by atoms with Crippen LogP contribution in [0.1, 0.15) is 56.9 Å². The van der Waals surface area contributed by atoms with E-state index in [1.54, 1.807) is 36.4 Å². The number of urea groups is 1. The molecule has 0 spiro atoms. The predicted molar refractivity (Wildman–Crippen MR) is 137 cm³/mol. The highest BCUT2D eigenvalue weighted by Crippen LogP contribution is 2.29. The molecular formula is C29H27N5O2. The van der Waals surface area contributed by atoms with Crippen molar-refractivity contribution >= 4 is 17.6 Å². The van der Waals surface area contributed by atoms with E-state index in [-0.39, 0.29) is 11.9 Å². The number of aryl methyl sites for hydroxylation is 1. The Kier molecular flexibility index (Phi) is 7.63. The summed E-state index contributed by atoms with van der Waals surface area (Å²) in [5.74, 6) is 0.325. The summed E-state index contributed by atoms with van der Waals surface area (Å²) >= 11 is 0. The normalized spacial score (nSPS) is 13.4. The monoisotopic (exact) mass is 477 g/mol. The number of nitrogens with one attached hydrogen (secondary N) is 2. The molecule has 3 aromatic carbocycles. The third-order valence-corrected chi connectivity index (χ3v) is 6.56. The van der Waals surface area contributed by atoms with E-state index in [1.165, 1.54) is 5.56 Å². The van der Waals surface area contributed by atoms with Gasteiger partial charge in [-0.2, -0.15) is 10.5 Å². The maximum Gasteiger partial charge on any atom is 0.319 e. The number of carbonyl (C=O) groups excluding carboxylic acids is 2. The van der Waals surface area contributed by atoms with Crippen molar-refractivity contribution in [3.05, 3.63) is 100 Å². The van der Waals surface area contributed by atoms with Crippen LogP contribution in [0, 0.1) is 29.6 Å². The quantitative estimate of drug-likeness (QED) is 0.534. The van der Waals surface area contributed by atoms with Gasteiger partial charge in [-0.3, -0.25) is 4.79 Å². The molecule has 1 saturated heterocycles. The fraction of sp³-hybridized carbons (Fsp3) is 0.241. The molecule has 0 unspecified atom stereocenters. The molecule has 1 aliphatic rings. The van der Waals surface area contributed by atoms with Crippen molar-refractivity contribution in [1.29, 1.82) is 10.5 Å². The molecule has 3 aromatic rings. The fourth-order valence-electron chi connectivity index (χ4n) is 4.36. The number of piperidine rings is 1. The first-order chi connectivity index (χ1) is 17.5. The molecule has 36 heavy (non-hydrogen) atoms. The van der Waals surface area contributed by atoms with Crippen LogP contribution in [0.2, 0.25) is 0 Å². The van der Waals surface area contributed by atoms with Crippen molar-refractivity contribution < 1.29 is 9.59 Å². The minimum absolute atomic E-state index is 0.0469. The molecule has 3 amide bonds. The number of amides is 3. The molecule has 7 nitrogen and oxygen atoms in total. The zero-order valence-corrected chi connectivity index (χ0v) is 20.1. The molecule has 1 aliphatic heterocycles.